The summed E-state index contributed by atoms with van der Waals surface area (Å²) in [5, 5.41) is 9.36. The van der Waals surface area contributed by atoms with Gasteiger partial charge in [-0.1, -0.05) is 30.4 Å². The lowest BCUT2D eigenvalue weighted by molar-refractivity contribution is 0.621. The van der Waals surface area contributed by atoms with Crippen LogP contribution in [0.4, 0.5) is 4.39 Å². The first-order chi connectivity index (χ1) is 8.13. The Morgan fingerprint density at radius 2 is 2.18 bits per heavy atom. The summed E-state index contributed by atoms with van der Waals surface area (Å²) in [6.07, 6.45) is 0.797. The zero-order valence-corrected chi connectivity index (χ0v) is 10.6. The topological polar surface area (TPSA) is 51.8 Å². The van der Waals surface area contributed by atoms with Crippen molar-refractivity contribution in [3.8, 4) is 10.6 Å². The molecule has 1 unspecified atom stereocenters. The summed E-state index contributed by atoms with van der Waals surface area (Å²) in [5.74, 6) is -0.236. The lowest BCUT2D eigenvalue weighted by Crippen LogP contribution is -2.07. The van der Waals surface area contributed by atoms with E-state index in [0.717, 1.165) is 11.4 Å². The third-order valence-corrected chi connectivity index (χ3v) is 3.71. The minimum absolute atomic E-state index is 0.117. The maximum Gasteiger partial charge on any atom is 0.150 e. The van der Waals surface area contributed by atoms with E-state index in [2.05, 4.69) is 10.2 Å². The molecule has 0 aliphatic heterocycles. The third kappa shape index (κ3) is 2.35. The lowest BCUT2D eigenvalue weighted by Gasteiger charge is -2.02. The van der Waals surface area contributed by atoms with Gasteiger partial charge in [-0.2, -0.15) is 0 Å². The molecule has 0 fully saturated rings. The van der Waals surface area contributed by atoms with Crippen LogP contribution in [0.1, 0.15) is 30.0 Å². The Labute approximate surface area is 104 Å². The van der Waals surface area contributed by atoms with Gasteiger partial charge < -0.3 is 5.73 Å². The summed E-state index contributed by atoms with van der Waals surface area (Å²) in [7, 11) is 0. The fourth-order valence-corrected chi connectivity index (χ4v) is 2.43. The SMILES string of the molecule is CCC(N)c1nnc(-c2cccc(C)c2F)s1. The van der Waals surface area contributed by atoms with E-state index in [1.165, 1.54) is 11.3 Å². The van der Waals surface area contributed by atoms with Crippen molar-refractivity contribution in [2.45, 2.75) is 26.3 Å². The van der Waals surface area contributed by atoms with Crippen molar-refractivity contribution in [3.05, 3.63) is 34.6 Å². The highest BCUT2D eigenvalue weighted by molar-refractivity contribution is 7.14. The average Bonchev–Trinajstić information content (AvgIpc) is 2.81. The number of hydrogen-bond acceptors (Lipinski definition) is 4. The summed E-state index contributed by atoms with van der Waals surface area (Å²) in [6, 6.07) is 5.14. The molecule has 0 aliphatic rings. The van der Waals surface area contributed by atoms with E-state index in [9.17, 15) is 4.39 Å². The van der Waals surface area contributed by atoms with Gasteiger partial charge in [-0.15, -0.1) is 10.2 Å². The molecule has 1 aromatic heterocycles. The number of benzene rings is 1. The molecule has 5 heteroatoms. The quantitative estimate of drug-likeness (QED) is 0.912. The molecule has 1 heterocycles. The second kappa shape index (κ2) is 4.89. The van der Waals surface area contributed by atoms with Crippen LogP contribution >= 0.6 is 11.3 Å². The number of aromatic nitrogens is 2. The van der Waals surface area contributed by atoms with Gasteiger partial charge in [0.05, 0.1) is 6.04 Å². The van der Waals surface area contributed by atoms with Crippen LogP contribution in [0.3, 0.4) is 0 Å². The fraction of sp³-hybridized carbons (Fsp3) is 0.333. The van der Waals surface area contributed by atoms with Crippen LogP contribution in [0.2, 0.25) is 0 Å². The van der Waals surface area contributed by atoms with Crippen LogP contribution in [-0.4, -0.2) is 10.2 Å². The van der Waals surface area contributed by atoms with Gasteiger partial charge in [-0.3, -0.25) is 0 Å². The smallest absolute Gasteiger partial charge is 0.150 e. The Morgan fingerprint density at radius 3 is 2.88 bits per heavy atom. The van der Waals surface area contributed by atoms with Crippen molar-refractivity contribution in [2.24, 2.45) is 5.73 Å². The molecule has 1 aromatic carbocycles. The zero-order chi connectivity index (χ0) is 12.4. The van der Waals surface area contributed by atoms with E-state index in [1.807, 2.05) is 13.0 Å². The molecule has 0 saturated carbocycles. The number of halogens is 1. The first kappa shape index (κ1) is 12.1. The van der Waals surface area contributed by atoms with Crippen molar-refractivity contribution >= 4 is 11.3 Å². The molecule has 17 heavy (non-hydrogen) atoms. The number of hydrogen-bond donors (Lipinski definition) is 1. The largest absolute Gasteiger partial charge is 0.322 e. The van der Waals surface area contributed by atoms with Crippen molar-refractivity contribution < 1.29 is 4.39 Å². The molecular weight excluding hydrogens is 237 g/mol. The average molecular weight is 251 g/mol. The Hall–Kier alpha value is -1.33. The highest BCUT2D eigenvalue weighted by Gasteiger charge is 2.15. The first-order valence-electron chi connectivity index (χ1n) is 5.48. The molecule has 90 valence electrons. The molecule has 3 nitrogen and oxygen atoms in total. The summed E-state index contributed by atoms with van der Waals surface area (Å²) in [4.78, 5) is 0. The summed E-state index contributed by atoms with van der Waals surface area (Å²) < 4.78 is 13.9. The van der Waals surface area contributed by atoms with Crippen molar-refractivity contribution in [1.29, 1.82) is 0 Å². The normalized spacial score (nSPS) is 12.7. The highest BCUT2D eigenvalue weighted by atomic mass is 32.1. The molecule has 2 aromatic rings. The fourth-order valence-electron chi connectivity index (χ4n) is 1.48. The van der Waals surface area contributed by atoms with Crippen LogP contribution in [0.5, 0.6) is 0 Å². The van der Waals surface area contributed by atoms with Crippen LogP contribution in [-0.2, 0) is 0 Å². The first-order valence-corrected chi connectivity index (χ1v) is 6.29. The molecule has 0 radical (unpaired) electrons. The minimum Gasteiger partial charge on any atom is -0.322 e. The zero-order valence-electron chi connectivity index (χ0n) is 9.77. The molecular formula is C12H14FN3S. The Morgan fingerprint density at radius 1 is 1.41 bits per heavy atom. The maximum absolute atomic E-state index is 13.9. The van der Waals surface area contributed by atoms with E-state index in [-0.39, 0.29) is 11.9 Å². The van der Waals surface area contributed by atoms with Crippen LogP contribution in [0.25, 0.3) is 10.6 Å². The summed E-state index contributed by atoms with van der Waals surface area (Å²) in [6.45, 7) is 3.72. The monoisotopic (exact) mass is 251 g/mol. The molecule has 0 aliphatic carbocycles. The second-order valence-electron chi connectivity index (χ2n) is 3.90. The van der Waals surface area contributed by atoms with E-state index in [4.69, 9.17) is 5.73 Å². The van der Waals surface area contributed by atoms with Crippen LogP contribution < -0.4 is 5.73 Å². The van der Waals surface area contributed by atoms with Crippen molar-refractivity contribution in [1.82, 2.24) is 10.2 Å². The number of rotatable bonds is 3. The van der Waals surface area contributed by atoms with E-state index < -0.39 is 0 Å². The molecule has 0 bridgehead atoms. The predicted molar refractivity (Wildman–Crippen MR) is 67.3 cm³/mol. The van der Waals surface area contributed by atoms with Gasteiger partial charge in [0.25, 0.3) is 0 Å². The van der Waals surface area contributed by atoms with Gasteiger partial charge in [-0.25, -0.2) is 4.39 Å². The van der Waals surface area contributed by atoms with Crippen LogP contribution in [0.15, 0.2) is 18.2 Å². The summed E-state index contributed by atoms with van der Waals surface area (Å²) >= 11 is 1.35. The Kier molecular flexibility index (Phi) is 3.49. The third-order valence-electron chi connectivity index (χ3n) is 2.62. The van der Waals surface area contributed by atoms with Gasteiger partial charge in [0.1, 0.15) is 10.8 Å². The molecule has 0 amide bonds. The second-order valence-corrected chi connectivity index (χ2v) is 4.91. The van der Waals surface area contributed by atoms with Gasteiger partial charge >= 0.3 is 0 Å². The standard InChI is InChI=1S/C12H14FN3S/c1-3-9(14)12-16-15-11(17-12)8-6-4-5-7(2)10(8)13/h4-6,9H,3,14H2,1-2H3. The molecule has 0 saturated heterocycles. The molecule has 2 rings (SSSR count). The van der Waals surface area contributed by atoms with Gasteiger partial charge in [0.15, 0.2) is 5.01 Å². The van der Waals surface area contributed by atoms with Crippen molar-refractivity contribution in [2.75, 3.05) is 0 Å². The van der Waals surface area contributed by atoms with Crippen LogP contribution in [0, 0.1) is 12.7 Å². The van der Waals surface area contributed by atoms with E-state index >= 15 is 0 Å². The van der Waals surface area contributed by atoms with Gasteiger partial charge in [0.2, 0.25) is 0 Å². The number of aryl methyl sites for hydroxylation is 1. The number of nitrogens with zero attached hydrogens (tertiary/aromatic N) is 2. The van der Waals surface area contributed by atoms with E-state index in [1.54, 1.807) is 19.1 Å². The maximum atomic E-state index is 13.9. The lowest BCUT2D eigenvalue weighted by atomic mass is 10.1. The van der Waals surface area contributed by atoms with Crippen molar-refractivity contribution in [3.63, 3.8) is 0 Å². The highest BCUT2D eigenvalue weighted by Crippen LogP contribution is 2.29. The molecule has 2 N–H and O–H groups in total. The van der Waals surface area contributed by atoms with Gasteiger partial charge in [-0.05, 0) is 25.0 Å². The molecule has 1 atom stereocenters. The van der Waals surface area contributed by atoms with Gasteiger partial charge in [0, 0.05) is 5.56 Å². The minimum atomic E-state index is -0.236. The Bertz CT molecular complexity index is 524. The molecule has 0 spiro atoms. The van der Waals surface area contributed by atoms with E-state index in [0.29, 0.717) is 16.1 Å². The predicted octanol–water partition coefficient (Wildman–Crippen LogP) is 3.06. The number of nitrogens with two attached hydrogens (primary N) is 1. The Balaban J connectivity index is 2.40. The summed E-state index contributed by atoms with van der Waals surface area (Å²) in [5.41, 5.74) is 6.98.